The van der Waals surface area contributed by atoms with Crippen molar-refractivity contribution in [3.8, 4) is 11.5 Å². The van der Waals surface area contributed by atoms with Crippen molar-refractivity contribution in [3.05, 3.63) is 40.1 Å². The van der Waals surface area contributed by atoms with E-state index >= 15 is 0 Å². The summed E-state index contributed by atoms with van der Waals surface area (Å²) in [6.07, 6.45) is 1.52. The Hall–Kier alpha value is -2.81. The van der Waals surface area contributed by atoms with Crippen molar-refractivity contribution < 1.29 is 19.0 Å². The number of amides is 1. The molecule has 30 heavy (non-hydrogen) atoms. The van der Waals surface area contributed by atoms with Gasteiger partial charge in [-0.15, -0.1) is 0 Å². The number of hydrogen-bond acceptors (Lipinski definition) is 6. The normalized spacial score (nSPS) is 14.7. The van der Waals surface area contributed by atoms with Crippen molar-refractivity contribution in [1.29, 1.82) is 0 Å². The van der Waals surface area contributed by atoms with Crippen LogP contribution in [0.2, 0.25) is 0 Å². The van der Waals surface area contributed by atoms with Crippen molar-refractivity contribution in [2.75, 3.05) is 41.0 Å². The maximum absolute atomic E-state index is 13.0. The molecule has 1 saturated heterocycles. The van der Waals surface area contributed by atoms with Crippen LogP contribution in [0.1, 0.15) is 41.9 Å². The molecule has 1 aliphatic heterocycles. The van der Waals surface area contributed by atoms with E-state index in [9.17, 15) is 9.59 Å². The third-order valence-corrected chi connectivity index (χ3v) is 5.52. The highest BCUT2D eigenvalue weighted by Crippen LogP contribution is 2.29. The van der Waals surface area contributed by atoms with Gasteiger partial charge in [-0.3, -0.25) is 9.36 Å². The van der Waals surface area contributed by atoms with Crippen molar-refractivity contribution in [2.45, 2.75) is 38.8 Å². The summed E-state index contributed by atoms with van der Waals surface area (Å²) in [7, 11) is 4.73. The first-order valence-corrected chi connectivity index (χ1v) is 10.2. The lowest BCUT2D eigenvalue weighted by molar-refractivity contribution is 0.0709. The molecule has 164 valence electrons. The van der Waals surface area contributed by atoms with Crippen LogP contribution in [-0.2, 0) is 17.8 Å². The Morgan fingerprint density at radius 2 is 1.73 bits per heavy atom. The van der Waals surface area contributed by atoms with Crippen LogP contribution in [0.15, 0.2) is 23.0 Å². The van der Waals surface area contributed by atoms with Gasteiger partial charge < -0.3 is 19.1 Å². The average Bonchev–Trinajstić information content (AvgIpc) is 3.11. The number of hydrogen-bond donors (Lipinski definition) is 0. The standard InChI is InChI=1S/C21H30N4O5/c1-5-24-19(22-25(21(24)27)10-11-28-2)15-6-8-23(9-7-15)20(26)16-12-17(29-3)14-18(13-16)30-4/h12-15H,5-11H2,1-4H3. The van der Waals surface area contributed by atoms with Gasteiger partial charge in [-0.05, 0) is 31.9 Å². The average molecular weight is 418 g/mol. The Morgan fingerprint density at radius 3 is 2.27 bits per heavy atom. The number of likely N-dealkylation sites (tertiary alicyclic amines) is 1. The lowest BCUT2D eigenvalue weighted by atomic mass is 9.95. The Kier molecular flexibility index (Phi) is 7.15. The van der Waals surface area contributed by atoms with E-state index in [0.717, 1.165) is 18.7 Å². The SMILES string of the molecule is CCn1c(C2CCN(C(=O)c3cc(OC)cc(OC)c3)CC2)nn(CCOC)c1=O. The Balaban J connectivity index is 1.72. The van der Waals surface area contributed by atoms with Crippen LogP contribution in [0.25, 0.3) is 0 Å². The van der Waals surface area contributed by atoms with Crippen molar-refractivity contribution in [2.24, 2.45) is 0 Å². The van der Waals surface area contributed by atoms with E-state index in [4.69, 9.17) is 14.2 Å². The molecule has 1 fully saturated rings. The minimum absolute atomic E-state index is 0.0517. The van der Waals surface area contributed by atoms with Gasteiger partial charge in [0.05, 0.1) is 27.4 Å². The van der Waals surface area contributed by atoms with Crippen LogP contribution in [0, 0.1) is 0 Å². The molecule has 1 amide bonds. The number of carbonyl (C=O) groups excluding carboxylic acids is 1. The molecular weight excluding hydrogens is 388 g/mol. The summed E-state index contributed by atoms with van der Waals surface area (Å²) in [4.78, 5) is 27.4. The number of methoxy groups -OCH3 is 3. The molecule has 9 nitrogen and oxygen atoms in total. The molecule has 0 N–H and O–H groups in total. The smallest absolute Gasteiger partial charge is 0.345 e. The third kappa shape index (κ3) is 4.51. The van der Waals surface area contributed by atoms with Crippen LogP contribution in [-0.4, -0.2) is 66.2 Å². The van der Waals surface area contributed by atoms with Crippen LogP contribution in [0.5, 0.6) is 11.5 Å². The number of benzene rings is 1. The highest BCUT2D eigenvalue weighted by atomic mass is 16.5. The predicted molar refractivity (Wildman–Crippen MR) is 111 cm³/mol. The fraction of sp³-hybridized carbons (Fsp3) is 0.571. The molecule has 0 aliphatic carbocycles. The van der Waals surface area contributed by atoms with E-state index in [1.54, 1.807) is 44.1 Å². The second kappa shape index (κ2) is 9.80. The Labute approximate surface area is 176 Å². The van der Waals surface area contributed by atoms with Crippen molar-refractivity contribution >= 4 is 5.91 Å². The molecular formula is C21H30N4O5. The monoisotopic (exact) mass is 418 g/mol. The second-order valence-electron chi connectivity index (χ2n) is 7.27. The first-order valence-electron chi connectivity index (χ1n) is 10.2. The molecule has 0 radical (unpaired) electrons. The summed E-state index contributed by atoms with van der Waals surface area (Å²) in [6.45, 7) is 4.60. The molecule has 0 unspecified atom stereocenters. The summed E-state index contributed by atoms with van der Waals surface area (Å²) in [5.41, 5.74) is 0.436. The third-order valence-electron chi connectivity index (χ3n) is 5.52. The molecule has 2 aromatic rings. The highest BCUT2D eigenvalue weighted by Gasteiger charge is 2.29. The van der Waals surface area contributed by atoms with E-state index in [0.29, 0.717) is 49.8 Å². The van der Waals surface area contributed by atoms with Crippen LogP contribution < -0.4 is 15.2 Å². The summed E-state index contributed by atoms with van der Waals surface area (Å²) < 4.78 is 18.8. The lowest BCUT2D eigenvalue weighted by Crippen LogP contribution is -2.38. The molecule has 1 aromatic carbocycles. The molecule has 0 bridgehead atoms. The van der Waals surface area contributed by atoms with Gasteiger partial charge in [0.15, 0.2) is 0 Å². The number of carbonyl (C=O) groups is 1. The fourth-order valence-electron chi connectivity index (χ4n) is 3.83. The first-order chi connectivity index (χ1) is 14.5. The quantitative estimate of drug-likeness (QED) is 0.649. The summed E-state index contributed by atoms with van der Waals surface area (Å²) in [5.74, 6) is 2.06. The van der Waals surface area contributed by atoms with E-state index in [2.05, 4.69) is 5.10 Å². The zero-order valence-electron chi connectivity index (χ0n) is 18.1. The van der Waals surface area contributed by atoms with Gasteiger partial charge in [0.25, 0.3) is 5.91 Å². The van der Waals surface area contributed by atoms with E-state index in [1.165, 1.54) is 4.68 Å². The van der Waals surface area contributed by atoms with E-state index < -0.39 is 0 Å². The Morgan fingerprint density at radius 1 is 1.10 bits per heavy atom. The zero-order valence-corrected chi connectivity index (χ0v) is 18.1. The van der Waals surface area contributed by atoms with Crippen molar-refractivity contribution in [3.63, 3.8) is 0 Å². The number of nitrogens with zero attached hydrogens (tertiary/aromatic N) is 4. The predicted octanol–water partition coefficient (Wildman–Crippen LogP) is 1.75. The molecule has 0 spiro atoms. The van der Waals surface area contributed by atoms with E-state index in [-0.39, 0.29) is 17.5 Å². The molecule has 9 heteroatoms. The lowest BCUT2D eigenvalue weighted by Gasteiger charge is -2.31. The largest absolute Gasteiger partial charge is 0.497 e. The van der Waals surface area contributed by atoms with Crippen LogP contribution >= 0.6 is 0 Å². The molecule has 3 rings (SSSR count). The molecule has 1 aliphatic rings. The number of piperidine rings is 1. The number of aromatic nitrogens is 3. The van der Waals surface area contributed by atoms with Gasteiger partial charge in [0.1, 0.15) is 17.3 Å². The minimum Gasteiger partial charge on any atom is -0.497 e. The maximum Gasteiger partial charge on any atom is 0.345 e. The van der Waals surface area contributed by atoms with Gasteiger partial charge >= 0.3 is 5.69 Å². The van der Waals surface area contributed by atoms with Gasteiger partial charge in [0, 0.05) is 44.3 Å². The van der Waals surface area contributed by atoms with Gasteiger partial charge in [-0.1, -0.05) is 0 Å². The summed E-state index contributed by atoms with van der Waals surface area (Å²) >= 11 is 0. The Bertz CT molecular complexity index is 906. The van der Waals surface area contributed by atoms with Gasteiger partial charge in [-0.25, -0.2) is 9.48 Å². The van der Waals surface area contributed by atoms with Gasteiger partial charge in [0.2, 0.25) is 0 Å². The fourth-order valence-corrected chi connectivity index (χ4v) is 3.83. The summed E-state index contributed by atoms with van der Waals surface area (Å²) in [6, 6.07) is 5.19. The van der Waals surface area contributed by atoms with Gasteiger partial charge in [-0.2, -0.15) is 5.10 Å². The second-order valence-corrected chi connectivity index (χ2v) is 7.27. The number of rotatable bonds is 8. The van der Waals surface area contributed by atoms with Crippen molar-refractivity contribution in [1.82, 2.24) is 19.2 Å². The zero-order chi connectivity index (χ0) is 21.7. The first kappa shape index (κ1) is 21.9. The summed E-state index contributed by atoms with van der Waals surface area (Å²) in [5, 5.41) is 4.57. The highest BCUT2D eigenvalue weighted by molar-refractivity contribution is 5.95. The topological polar surface area (TPSA) is 87.8 Å². The molecule has 0 saturated carbocycles. The van der Waals surface area contributed by atoms with Crippen LogP contribution in [0.3, 0.4) is 0 Å². The minimum atomic E-state index is -0.105. The van der Waals surface area contributed by atoms with E-state index in [1.807, 2.05) is 11.8 Å². The molecule has 2 heterocycles. The number of ether oxygens (including phenoxy) is 3. The molecule has 0 atom stereocenters. The maximum atomic E-state index is 13.0. The van der Waals surface area contributed by atoms with Crippen LogP contribution in [0.4, 0.5) is 0 Å². The molecule has 1 aromatic heterocycles.